The van der Waals surface area contributed by atoms with Gasteiger partial charge in [-0.05, 0) is 23.8 Å². The van der Waals surface area contributed by atoms with E-state index in [-0.39, 0.29) is 5.57 Å². The van der Waals surface area contributed by atoms with E-state index in [4.69, 9.17) is 4.74 Å². The first kappa shape index (κ1) is 16.2. The molecule has 2 aromatic rings. The number of amides is 1. The molecule has 24 heavy (non-hydrogen) atoms. The minimum Gasteiger partial charge on any atom is -0.378 e. The molecule has 0 radical (unpaired) electrons. The van der Waals surface area contributed by atoms with Crippen LogP contribution in [-0.4, -0.2) is 37.2 Å². The number of thiazole rings is 1. The first-order valence-electron chi connectivity index (χ1n) is 7.51. The van der Waals surface area contributed by atoms with E-state index in [1.54, 1.807) is 17.7 Å². The summed E-state index contributed by atoms with van der Waals surface area (Å²) in [5.74, 6) is -0.454. The zero-order chi connectivity index (χ0) is 16.8. The molecule has 0 saturated carbocycles. The average molecular weight is 340 g/mol. The molecular formula is C17H16N4O2S. The molecule has 1 saturated heterocycles. The smallest absolute Gasteiger partial charge is 0.268 e. The highest BCUT2D eigenvalue weighted by atomic mass is 32.1. The Balaban J connectivity index is 1.71. The number of nitriles is 1. The van der Waals surface area contributed by atoms with E-state index >= 15 is 0 Å². The summed E-state index contributed by atoms with van der Waals surface area (Å²) < 4.78 is 5.35. The maximum Gasteiger partial charge on any atom is 0.268 e. The van der Waals surface area contributed by atoms with Crippen LogP contribution < -0.4 is 10.2 Å². The number of anilines is 2. The molecule has 1 aromatic carbocycles. The number of nitrogens with zero attached hydrogens (tertiary/aromatic N) is 3. The van der Waals surface area contributed by atoms with Crippen molar-refractivity contribution in [2.45, 2.75) is 0 Å². The van der Waals surface area contributed by atoms with Gasteiger partial charge < -0.3 is 9.64 Å². The van der Waals surface area contributed by atoms with Gasteiger partial charge in [0.05, 0.1) is 13.2 Å². The van der Waals surface area contributed by atoms with Crippen molar-refractivity contribution < 1.29 is 9.53 Å². The number of benzene rings is 1. The van der Waals surface area contributed by atoms with E-state index in [9.17, 15) is 10.1 Å². The number of hydrogen-bond acceptors (Lipinski definition) is 6. The first-order valence-corrected chi connectivity index (χ1v) is 8.39. The van der Waals surface area contributed by atoms with Crippen LogP contribution in [-0.2, 0) is 9.53 Å². The number of rotatable bonds is 4. The molecule has 0 bridgehead atoms. The molecule has 2 heterocycles. The number of nitrogens with one attached hydrogen (secondary N) is 1. The third-order valence-corrected chi connectivity index (χ3v) is 4.29. The van der Waals surface area contributed by atoms with Crippen LogP contribution in [0.3, 0.4) is 0 Å². The summed E-state index contributed by atoms with van der Waals surface area (Å²) in [6.45, 7) is 3.21. The Hall–Kier alpha value is -2.69. The zero-order valence-corrected chi connectivity index (χ0v) is 13.8. The van der Waals surface area contributed by atoms with Crippen molar-refractivity contribution in [3.05, 3.63) is 47.0 Å². The quantitative estimate of drug-likeness (QED) is 0.683. The summed E-state index contributed by atoms with van der Waals surface area (Å²) in [6.07, 6.45) is 3.17. The fourth-order valence-corrected chi connectivity index (χ4v) is 2.89. The first-order chi connectivity index (χ1) is 11.8. The Morgan fingerprint density at radius 2 is 2.08 bits per heavy atom. The van der Waals surface area contributed by atoms with Gasteiger partial charge in [0.2, 0.25) is 0 Å². The van der Waals surface area contributed by atoms with Gasteiger partial charge in [-0.25, -0.2) is 4.98 Å². The van der Waals surface area contributed by atoms with Crippen LogP contribution in [0.5, 0.6) is 0 Å². The molecule has 6 nitrogen and oxygen atoms in total. The van der Waals surface area contributed by atoms with Gasteiger partial charge in [-0.3, -0.25) is 10.1 Å². The summed E-state index contributed by atoms with van der Waals surface area (Å²) >= 11 is 1.31. The minimum atomic E-state index is -0.454. The van der Waals surface area contributed by atoms with E-state index in [1.165, 1.54) is 11.3 Å². The monoisotopic (exact) mass is 340 g/mol. The molecule has 3 rings (SSSR count). The molecule has 0 aliphatic carbocycles. The number of carbonyl (C=O) groups excluding carboxylic acids is 1. The zero-order valence-electron chi connectivity index (χ0n) is 12.9. The van der Waals surface area contributed by atoms with E-state index in [1.807, 2.05) is 30.3 Å². The Labute approximate surface area is 144 Å². The standard InChI is InChI=1S/C17H16N4O2S/c18-12-14(16(22)20-17-19-5-10-24-17)11-13-1-3-15(4-2-13)21-6-8-23-9-7-21/h1-5,10-11H,6-9H2,(H,19,20,22)/b14-11+. The van der Waals surface area contributed by atoms with E-state index in [2.05, 4.69) is 15.2 Å². The molecule has 1 aliphatic rings. The van der Waals surface area contributed by atoms with Crippen LogP contribution >= 0.6 is 11.3 Å². The largest absolute Gasteiger partial charge is 0.378 e. The van der Waals surface area contributed by atoms with Crippen molar-refractivity contribution in [3.8, 4) is 6.07 Å². The lowest BCUT2D eigenvalue weighted by Gasteiger charge is -2.28. The molecular weight excluding hydrogens is 324 g/mol. The summed E-state index contributed by atoms with van der Waals surface area (Å²) in [5.41, 5.74) is 1.96. The van der Waals surface area contributed by atoms with Crippen LogP contribution in [0.25, 0.3) is 6.08 Å². The second-order valence-corrected chi connectivity index (χ2v) is 6.05. The van der Waals surface area contributed by atoms with Crippen molar-refractivity contribution in [2.75, 3.05) is 36.5 Å². The number of aromatic nitrogens is 1. The van der Waals surface area contributed by atoms with Gasteiger partial charge in [0.1, 0.15) is 11.6 Å². The lowest BCUT2D eigenvalue weighted by Crippen LogP contribution is -2.36. The van der Waals surface area contributed by atoms with Crippen molar-refractivity contribution >= 4 is 34.1 Å². The van der Waals surface area contributed by atoms with E-state index in [0.717, 1.165) is 37.6 Å². The van der Waals surface area contributed by atoms with Gasteiger partial charge in [-0.1, -0.05) is 12.1 Å². The molecule has 1 N–H and O–H groups in total. The molecule has 0 atom stereocenters. The summed E-state index contributed by atoms with van der Waals surface area (Å²) in [4.78, 5) is 18.3. The highest BCUT2D eigenvalue weighted by Crippen LogP contribution is 2.19. The van der Waals surface area contributed by atoms with Gasteiger partial charge in [-0.15, -0.1) is 11.3 Å². The SMILES string of the molecule is N#C/C(=C\c1ccc(N2CCOCC2)cc1)C(=O)Nc1nccs1. The van der Waals surface area contributed by atoms with Crippen molar-refractivity contribution in [1.82, 2.24) is 4.98 Å². The minimum absolute atomic E-state index is 0.0457. The number of hydrogen-bond donors (Lipinski definition) is 1. The van der Waals surface area contributed by atoms with Crippen molar-refractivity contribution in [2.24, 2.45) is 0 Å². The van der Waals surface area contributed by atoms with E-state index in [0.29, 0.717) is 5.13 Å². The second kappa shape index (κ2) is 7.73. The lowest BCUT2D eigenvalue weighted by molar-refractivity contribution is -0.112. The average Bonchev–Trinajstić information content (AvgIpc) is 3.14. The summed E-state index contributed by atoms with van der Waals surface area (Å²) in [6, 6.07) is 9.72. The normalized spacial score (nSPS) is 15.0. The Bertz CT molecular complexity index is 757. The molecule has 0 spiro atoms. The Morgan fingerprint density at radius 3 is 2.71 bits per heavy atom. The number of carbonyl (C=O) groups is 1. The molecule has 1 amide bonds. The summed E-state index contributed by atoms with van der Waals surface area (Å²) in [5, 5.41) is 14.1. The fourth-order valence-electron chi connectivity index (χ4n) is 2.37. The number of ether oxygens (including phenoxy) is 1. The van der Waals surface area contributed by atoms with Crippen molar-refractivity contribution in [3.63, 3.8) is 0 Å². The maximum atomic E-state index is 12.1. The fraction of sp³-hybridized carbons (Fsp3) is 0.235. The highest BCUT2D eigenvalue weighted by molar-refractivity contribution is 7.13. The van der Waals surface area contributed by atoms with Gasteiger partial charge in [-0.2, -0.15) is 5.26 Å². The predicted molar refractivity (Wildman–Crippen MR) is 93.8 cm³/mol. The molecule has 1 fully saturated rings. The van der Waals surface area contributed by atoms with Crippen LogP contribution in [0.4, 0.5) is 10.8 Å². The Kier molecular flexibility index (Phi) is 5.21. The summed E-state index contributed by atoms with van der Waals surface area (Å²) in [7, 11) is 0. The van der Waals surface area contributed by atoms with Gasteiger partial charge in [0.25, 0.3) is 5.91 Å². The second-order valence-electron chi connectivity index (χ2n) is 5.15. The van der Waals surface area contributed by atoms with Gasteiger partial charge in [0.15, 0.2) is 5.13 Å². The lowest BCUT2D eigenvalue weighted by atomic mass is 10.1. The third-order valence-electron chi connectivity index (χ3n) is 3.60. The molecule has 122 valence electrons. The highest BCUT2D eigenvalue weighted by Gasteiger charge is 2.12. The number of morpholine rings is 1. The predicted octanol–water partition coefficient (Wildman–Crippen LogP) is 2.53. The van der Waals surface area contributed by atoms with Crippen LogP contribution in [0.1, 0.15) is 5.56 Å². The Morgan fingerprint density at radius 1 is 1.33 bits per heavy atom. The van der Waals surface area contributed by atoms with Gasteiger partial charge in [0, 0.05) is 30.4 Å². The van der Waals surface area contributed by atoms with Crippen LogP contribution in [0.15, 0.2) is 41.4 Å². The topological polar surface area (TPSA) is 78.2 Å². The van der Waals surface area contributed by atoms with Crippen LogP contribution in [0.2, 0.25) is 0 Å². The maximum absolute atomic E-state index is 12.1. The molecule has 7 heteroatoms. The third kappa shape index (κ3) is 3.98. The molecule has 1 aromatic heterocycles. The van der Waals surface area contributed by atoms with E-state index < -0.39 is 5.91 Å². The molecule has 0 unspecified atom stereocenters. The van der Waals surface area contributed by atoms with Crippen molar-refractivity contribution in [1.29, 1.82) is 5.26 Å². The van der Waals surface area contributed by atoms with Crippen LogP contribution in [0, 0.1) is 11.3 Å². The molecule has 1 aliphatic heterocycles. The van der Waals surface area contributed by atoms with Gasteiger partial charge >= 0.3 is 0 Å².